The first-order valence-electron chi connectivity index (χ1n) is 6.84. The third-order valence-electron chi connectivity index (χ3n) is 3.56. The summed E-state index contributed by atoms with van der Waals surface area (Å²) in [5.41, 5.74) is 3.09. The lowest BCUT2D eigenvalue weighted by atomic mass is 10.0. The number of para-hydroxylation sites is 1. The SMILES string of the molecule is CC(=O)c1cccc(Cc2cc3ccccc3[nH]c2=O)c1. The Bertz CT molecular complexity index is 878. The molecule has 3 aromatic rings. The number of hydrogen-bond acceptors (Lipinski definition) is 2. The number of rotatable bonds is 3. The second-order valence-corrected chi connectivity index (χ2v) is 5.14. The van der Waals surface area contributed by atoms with Crippen molar-refractivity contribution >= 4 is 16.7 Å². The lowest BCUT2D eigenvalue weighted by Crippen LogP contribution is -2.12. The molecule has 2 aromatic carbocycles. The molecule has 3 rings (SSSR count). The quantitative estimate of drug-likeness (QED) is 0.747. The van der Waals surface area contributed by atoms with Crippen LogP contribution in [0.2, 0.25) is 0 Å². The molecule has 3 heteroatoms. The van der Waals surface area contributed by atoms with E-state index in [1.807, 2.05) is 48.5 Å². The van der Waals surface area contributed by atoms with Crippen LogP contribution in [0, 0.1) is 0 Å². The Labute approximate surface area is 122 Å². The number of H-pyrrole nitrogens is 1. The van der Waals surface area contributed by atoms with Gasteiger partial charge in [0.05, 0.1) is 0 Å². The maximum absolute atomic E-state index is 12.1. The number of fused-ring (bicyclic) bond motifs is 1. The van der Waals surface area contributed by atoms with Gasteiger partial charge in [-0.05, 0) is 36.1 Å². The molecule has 0 saturated carbocycles. The van der Waals surface area contributed by atoms with Gasteiger partial charge in [0.2, 0.25) is 0 Å². The van der Waals surface area contributed by atoms with Crippen molar-refractivity contribution in [3.05, 3.63) is 81.6 Å². The fraction of sp³-hybridized carbons (Fsp3) is 0.111. The second kappa shape index (κ2) is 5.37. The van der Waals surface area contributed by atoms with Crippen molar-refractivity contribution in [2.24, 2.45) is 0 Å². The van der Waals surface area contributed by atoms with E-state index in [4.69, 9.17) is 0 Å². The minimum Gasteiger partial charge on any atom is -0.322 e. The molecule has 0 bridgehead atoms. The van der Waals surface area contributed by atoms with Crippen LogP contribution in [0.25, 0.3) is 10.9 Å². The predicted molar refractivity (Wildman–Crippen MR) is 83.8 cm³/mol. The normalized spacial score (nSPS) is 10.7. The first-order valence-corrected chi connectivity index (χ1v) is 6.84. The summed E-state index contributed by atoms with van der Waals surface area (Å²) in [5, 5.41) is 1.01. The van der Waals surface area contributed by atoms with Crippen molar-refractivity contribution in [2.45, 2.75) is 13.3 Å². The number of benzene rings is 2. The number of nitrogens with one attached hydrogen (secondary N) is 1. The second-order valence-electron chi connectivity index (χ2n) is 5.14. The van der Waals surface area contributed by atoms with Crippen molar-refractivity contribution in [3.8, 4) is 0 Å². The van der Waals surface area contributed by atoms with E-state index in [0.717, 1.165) is 16.5 Å². The molecule has 0 atom stereocenters. The van der Waals surface area contributed by atoms with Crippen LogP contribution in [-0.2, 0) is 6.42 Å². The summed E-state index contributed by atoms with van der Waals surface area (Å²) in [4.78, 5) is 26.5. The zero-order valence-electron chi connectivity index (χ0n) is 11.7. The Morgan fingerprint density at radius 1 is 1.05 bits per heavy atom. The Hall–Kier alpha value is -2.68. The number of ketones is 1. The van der Waals surface area contributed by atoms with Crippen LogP contribution < -0.4 is 5.56 Å². The third kappa shape index (κ3) is 2.77. The minimum atomic E-state index is -0.0815. The molecule has 0 saturated heterocycles. The molecule has 1 aromatic heterocycles. The van der Waals surface area contributed by atoms with Crippen molar-refractivity contribution in [1.82, 2.24) is 4.98 Å². The van der Waals surface area contributed by atoms with Crippen molar-refractivity contribution in [1.29, 1.82) is 0 Å². The molecule has 0 amide bonds. The van der Waals surface area contributed by atoms with Gasteiger partial charge in [-0.1, -0.05) is 36.4 Å². The average Bonchev–Trinajstić information content (AvgIpc) is 2.48. The van der Waals surface area contributed by atoms with E-state index < -0.39 is 0 Å². The number of carbonyl (C=O) groups excluding carboxylic acids is 1. The van der Waals surface area contributed by atoms with Crippen molar-refractivity contribution in [3.63, 3.8) is 0 Å². The smallest absolute Gasteiger partial charge is 0.251 e. The van der Waals surface area contributed by atoms with Crippen molar-refractivity contribution in [2.75, 3.05) is 0 Å². The van der Waals surface area contributed by atoms with Gasteiger partial charge in [0, 0.05) is 23.1 Å². The lowest BCUT2D eigenvalue weighted by Gasteiger charge is -2.05. The van der Waals surface area contributed by atoms with E-state index in [-0.39, 0.29) is 11.3 Å². The Balaban J connectivity index is 2.01. The molecular weight excluding hydrogens is 262 g/mol. The summed E-state index contributed by atoms with van der Waals surface area (Å²) >= 11 is 0. The van der Waals surface area contributed by atoms with Gasteiger partial charge in [-0.25, -0.2) is 0 Å². The molecule has 1 heterocycles. The molecule has 0 unspecified atom stereocenters. The first-order chi connectivity index (χ1) is 10.1. The Morgan fingerprint density at radius 3 is 2.67 bits per heavy atom. The zero-order chi connectivity index (χ0) is 14.8. The summed E-state index contributed by atoms with van der Waals surface area (Å²) < 4.78 is 0. The Morgan fingerprint density at radius 2 is 1.86 bits per heavy atom. The highest BCUT2D eigenvalue weighted by Crippen LogP contribution is 2.14. The van der Waals surface area contributed by atoms with Crippen LogP contribution in [0.15, 0.2) is 59.4 Å². The molecule has 1 N–H and O–H groups in total. The molecule has 0 aliphatic rings. The maximum atomic E-state index is 12.1. The van der Waals surface area contributed by atoms with Gasteiger partial charge in [0.1, 0.15) is 0 Å². The molecule has 0 aliphatic heterocycles. The summed E-state index contributed by atoms with van der Waals surface area (Å²) in [6, 6.07) is 17.0. The number of carbonyl (C=O) groups is 1. The average molecular weight is 277 g/mol. The number of pyridine rings is 1. The summed E-state index contributed by atoms with van der Waals surface area (Å²) in [7, 11) is 0. The van der Waals surface area contributed by atoms with Crippen LogP contribution in [0.1, 0.15) is 28.4 Å². The van der Waals surface area contributed by atoms with Crippen molar-refractivity contribution < 1.29 is 4.79 Å². The third-order valence-corrected chi connectivity index (χ3v) is 3.56. The fourth-order valence-corrected chi connectivity index (χ4v) is 2.44. The Kier molecular flexibility index (Phi) is 3.40. The van der Waals surface area contributed by atoms with Crippen LogP contribution >= 0.6 is 0 Å². The summed E-state index contributed by atoms with van der Waals surface area (Å²) in [6.07, 6.45) is 0.515. The van der Waals surface area contributed by atoms with Gasteiger partial charge in [-0.3, -0.25) is 9.59 Å². The van der Waals surface area contributed by atoms with Gasteiger partial charge in [-0.2, -0.15) is 0 Å². The summed E-state index contributed by atoms with van der Waals surface area (Å²) in [5.74, 6) is 0.0317. The highest BCUT2D eigenvalue weighted by Gasteiger charge is 2.06. The number of aromatic amines is 1. The molecular formula is C18H15NO2. The van der Waals surface area contributed by atoms with Crippen LogP contribution in [-0.4, -0.2) is 10.8 Å². The molecule has 0 aliphatic carbocycles. The van der Waals surface area contributed by atoms with E-state index in [9.17, 15) is 9.59 Å². The maximum Gasteiger partial charge on any atom is 0.251 e. The highest BCUT2D eigenvalue weighted by atomic mass is 16.1. The van der Waals surface area contributed by atoms with E-state index in [1.54, 1.807) is 13.0 Å². The van der Waals surface area contributed by atoms with E-state index in [0.29, 0.717) is 17.5 Å². The van der Waals surface area contributed by atoms with Gasteiger partial charge < -0.3 is 4.98 Å². The number of hydrogen-bond donors (Lipinski definition) is 1. The molecule has 0 radical (unpaired) electrons. The van der Waals surface area contributed by atoms with E-state index >= 15 is 0 Å². The molecule has 104 valence electrons. The molecule has 21 heavy (non-hydrogen) atoms. The monoisotopic (exact) mass is 277 g/mol. The summed E-state index contributed by atoms with van der Waals surface area (Å²) in [6.45, 7) is 1.54. The first kappa shape index (κ1) is 13.3. The molecule has 0 spiro atoms. The fourth-order valence-electron chi connectivity index (χ4n) is 2.44. The molecule has 3 nitrogen and oxygen atoms in total. The lowest BCUT2D eigenvalue weighted by molar-refractivity contribution is 0.101. The largest absolute Gasteiger partial charge is 0.322 e. The standard InChI is InChI=1S/C18H15NO2/c1-12(20)14-7-4-5-13(9-14)10-16-11-15-6-2-3-8-17(15)19-18(16)21/h2-9,11H,10H2,1H3,(H,19,21). The topological polar surface area (TPSA) is 49.9 Å². The van der Waals surface area contributed by atoms with Gasteiger partial charge in [-0.15, -0.1) is 0 Å². The zero-order valence-corrected chi connectivity index (χ0v) is 11.7. The van der Waals surface area contributed by atoms with Crippen LogP contribution in [0.3, 0.4) is 0 Å². The van der Waals surface area contributed by atoms with Crippen LogP contribution in [0.5, 0.6) is 0 Å². The van der Waals surface area contributed by atoms with E-state index in [2.05, 4.69) is 4.98 Å². The minimum absolute atomic E-state index is 0.0317. The van der Waals surface area contributed by atoms with E-state index in [1.165, 1.54) is 0 Å². The van der Waals surface area contributed by atoms with Crippen LogP contribution in [0.4, 0.5) is 0 Å². The number of Topliss-reactive ketones (excluding diaryl/α,β-unsaturated/α-hetero) is 1. The number of aromatic nitrogens is 1. The highest BCUT2D eigenvalue weighted by molar-refractivity contribution is 5.94. The van der Waals surface area contributed by atoms with Gasteiger partial charge in [0.25, 0.3) is 5.56 Å². The van der Waals surface area contributed by atoms with Gasteiger partial charge in [0.15, 0.2) is 5.78 Å². The predicted octanol–water partition coefficient (Wildman–Crippen LogP) is 3.32. The van der Waals surface area contributed by atoms with Gasteiger partial charge >= 0.3 is 0 Å². The molecule has 0 fully saturated rings.